The predicted octanol–water partition coefficient (Wildman–Crippen LogP) is 4.21. The van der Waals surface area contributed by atoms with Crippen molar-refractivity contribution in [2.24, 2.45) is 0 Å². The van der Waals surface area contributed by atoms with Gasteiger partial charge >= 0.3 is 0 Å². The van der Waals surface area contributed by atoms with Crippen LogP contribution in [0.2, 0.25) is 10.0 Å². The molecule has 0 bridgehead atoms. The Bertz CT molecular complexity index is 1790. The molecule has 1 N–H and O–H groups in total. The largest absolute Gasteiger partial charge is 0.493 e. The van der Waals surface area contributed by atoms with Crippen molar-refractivity contribution in [3.05, 3.63) is 93.4 Å². The molecule has 0 fully saturated rings. The molecule has 0 aliphatic heterocycles. The molecule has 2 heterocycles. The zero-order valence-corrected chi connectivity index (χ0v) is 25.0. The number of nitrogens with zero attached hydrogens (tertiary/aromatic N) is 7. The molecule has 0 spiro atoms. The highest BCUT2D eigenvalue weighted by Crippen LogP contribution is 2.36. The normalized spacial score (nSPS) is 13.1. The smallest absolute Gasteiger partial charge is 0.286 e. The minimum Gasteiger partial charge on any atom is -0.493 e. The van der Waals surface area contributed by atoms with Gasteiger partial charge in [0.15, 0.2) is 17.3 Å². The van der Waals surface area contributed by atoms with Crippen molar-refractivity contribution in [3.63, 3.8) is 0 Å². The molecule has 212 valence electrons. The number of methoxy groups -OCH3 is 1. The molecule has 5 aromatic rings. The summed E-state index contributed by atoms with van der Waals surface area (Å²) in [4.78, 5) is 3.93. The van der Waals surface area contributed by atoms with Crippen molar-refractivity contribution in [2.75, 3.05) is 13.7 Å². The number of hydrogen-bond acceptors (Lipinski definition) is 10. The Kier molecular flexibility index (Phi) is 8.29. The summed E-state index contributed by atoms with van der Waals surface area (Å²) in [6.45, 7) is -0.295. The van der Waals surface area contributed by atoms with E-state index in [4.69, 9.17) is 32.7 Å². The molecule has 1 unspecified atom stereocenters. The molecule has 0 amide bonds. The minimum absolute atomic E-state index is 0.00805. The lowest BCUT2D eigenvalue weighted by Crippen LogP contribution is -2.38. The van der Waals surface area contributed by atoms with Gasteiger partial charge in [0.25, 0.3) is 10.0 Å². The maximum Gasteiger partial charge on any atom is 0.286 e. The SMILES string of the molecule is COc1cc(-c2nnnn2S(=O)(=O)c2ccc(Br)cc2)ccc1OCC(O)(Cn1cncn1)c1ccc(Cl)cc1Cl. The quantitative estimate of drug-likeness (QED) is 0.227. The van der Waals surface area contributed by atoms with E-state index in [1.807, 2.05) is 0 Å². The summed E-state index contributed by atoms with van der Waals surface area (Å²) in [5.41, 5.74) is -0.937. The number of hydrogen-bond donors (Lipinski definition) is 1. The summed E-state index contributed by atoms with van der Waals surface area (Å²) in [5, 5.41) is 27.7. The van der Waals surface area contributed by atoms with Crippen LogP contribution in [0.3, 0.4) is 0 Å². The first-order valence-electron chi connectivity index (χ1n) is 11.7. The summed E-state index contributed by atoms with van der Waals surface area (Å²) >= 11 is 15.8. The van der Waals surface area contributed by atoms with Crippen molar-refractivity contribution in [1.29, 1.82) is 0 Å². The number of aromatic nitrogens is 7. The molecule has 12 nitrogen and oxygen atoms in total. The summed E-state index contributed by atoms with van der Waals surface area (Å²) in [6, 6.07) is 15.5. The average Bonchev–Trinajstić information content (AvgIpc) is 3.65. The van der Waals surface area contributed by atoms with Crippen LogP contribution in [0.5, 0.6) is 11.5 Å². The first kappa shape index (κ1) is 29.0. The summed E-state index contributed by atoms with van der Waals surface area (Å²) < 4.78 is 40.9. The van der Waals surface area contributed by atoms with Crippen LogP contribution in [-0.2, 0) is 22.2 Å². The van der Waals surface area contributed by atoms with E-state index in [1.54, 1.807) is 36.4 Å². The van der Waals surface area contributed by atoms with E-state index >= 15 is 0 Å². The Balaban J connectivity index is 1.45. The monoisotopic (exact) mass is 679 g/mol. The molecular weight excluding hydrogens is 661 g/mol. The van der Waals surface area contributed by atoms with Gasteiger partial charge in [-0.3, -0.25) is 0 Å². The number of halogens is 3. The highest BCUT2D eigenvalue weighted by Gasteiger charge is 2.34. The zero-order valence-electron chi connectivity index (χ0n) is 21.1. The van der Waals surface area contributed by atoms with Gasteiger partial charge in [-0.1, -0.05) is 45.2 Å². The first-order valence-corrected chi connectivity index (χ1v) is 14.7. The fourth-order valence-electron chi connectivity index (χ4n) is 4.00. The maximum absolute atomic E-state index is 13.2. The lowest BCUT2D eigenvalue weighted by atomic mass is 9.94. The molecule has 0 radical (unpaired) electrons. The Hall–Kier alpha value is -3.56. The molecular formula is C25H20BrCl2N7O5S. The number of aliphatic hydroxyl groups is 1. The van der Waals surface area contributed by atoms with Gasteiger partial charge in [-0.25, -0.2) is 9.67 Å². The van der Waals surface area contributed by atoms with Gasteiger partial charge in [0.05, 0.1) is 18.6 Å². The van der Waals surface area contributed by atoms with Gasteiger partial charge in [-0.05, 0) is 65.0 Å². The van der Waals surface area contributed by atoms with Crippen molar-refractivity contribution in [3.8, 4) is 22.9 Å². The molecule has 5 rings (SSSR count). The lowest BCUT2D eigenvalue weighted by Gasteiger charge is -2.29. The summed E-state index contributed by atoms with van der Waals surface area (Å²) in [7, 11) is -2.67. The first-order chi connectivity index (χ1) is 19.6. The van der Waals surface area contributed by atoms with Gasteiger partial charge in [-0.2, -0.15) is 13.5 Å². The molecule has 16 heteroatoms. The van der Waals surface area contributed by atoms with Gasteiger partial charge < -0.3 is 14.6 Å². The van der Waals surface area contributed by atoms with Crippen molar-refractivity contribution in [1.82, 2.24) is 34.4 Å². The Labute approximate surface area is 252 Å². The number of ether oxygens (including phenoxy) is 2. The Morgan fingerprint density at radius 1 is 1.05 bits per heavy atom. The predicted molar refractivity (Wildman–Crippen MR) is 152 cm³/mol. The third kappa shape index (κ3) is 6.06. The van der Waals surface area contributed by atoms with E-state index in [9.17, 15) is 13.5 Å². The van der Waals surface area contributed by atoms with Gasteiger partial charge in [0, 0.05) is 25.6 Å². The van der Waals surface area contributed by atoms with Crippen LogP contribution in [0.25, 0.3) is 11.4 Å². The molecule has 1 atom stereocenters. The van der Waals surface area contributed by atoms with Gasteiger partial charge in [0.2, 0.25) is 0 Å². The highest BCUT2D eigenvalue weighted by atomic mass is 79.9. The molecule has 41 heavy (non-hydrogen) atoms. The van der Waals surface area contributed by atoms with Crippen molar-refractivity contribution < 1.29 is 23.0 Å². The van der Waals surface area contributed by atoms with E-state index in [0.29, 0.717) is 16.1 Å². The molecule has 0 aliphatic rings. The summed E-state index contributed by atoms with van der Waals surface area (Å²) in [5.74, 6) is 0.463. The third-order valence-electron chi connectivity index (χ3n) is 5.99. The fraction of sp³-hybridized carbons (Fsp3) is 0.160. The second-order valence-electron chi connectivity index (χ2n) is 8.71. The third-order valence-corrected chi connectivity index (χ3v) is 8.64. The average molecular weight is 681 g/mol. The van der Waals surface area contributed by atoms with Crippen LogP contribution >= 0.6 is 39.1 Å². The number of rotatable bonds is 10. The van der Waals surface area contributed by atoms with Gasteiger partial charge in [-0.15, -0.1) is 9.19 Å². The van der Waals surface area contributed by atoms with Crippen LogP contribution in [0.15, 0.2) is 82.7 Å². The maximum atomic E-state index is 13.2. The van der Waals surface area contributed by atoms with E-state index in [0.717, 1.165) is 8.56 Å². The van der Waals surface area contributed by atoms with Crippen molar-refractivity contribution in [2.45, 2.75) is 17.0 Å². The fourth-order valence-corrected chi connectivity index (χ4v) is 6.02. The zero-order chi connectivity index (χ0) is 29.2. The molecule has 3 aromatic carbocycles. The van der Waals surface area contributed by atoms with E-state index in [1.165, 1.54) is 48.7 Å². The second kappa shape index (κ2) is 11.7. The van der Waals surface area contributed by atoms with Crippen LogP contribution < -0.4 is 9.47 Å². The summed E-state index contributed by atoms with van der Waals surface area (Å²) in [6.07, 6.45) is 2.80. The van der Waals surface area contributed by atoms with Crippen LogP contribution in [-0.4, -0.2) is 61.6 Å². The van der Waals surface area contributed by atoms with E-state index < -0.39 is 15.6 Å². The topological polar surface area (TPSA) is 147 Å². The molecule has 2 aromatic heterocycles. The van der Waals surface area contributed by atoms with Crippen LogP contribution in [0.1, 0.15) is 5.56 Å². The Morgan fingerprint density at radius 3 is 2.51 bits per heavy atom. The lowest BCUT2D eigenvalue weighted by molar-refractivity contribution is -0.0274. The Morgan fingerprint density at radius 2 is 1.83 bits per heavy atom. The number of benzene rings is 3. The van der Waals surface area contributed by atoms with Gasteiger partial charge in [0.1, 0.15) is 24.9 Å². The molecule has 0 saturated carbocycles. The number of tetrazole rings is 1. The highest BCUT2D eigenvalue weighted by molar-refractivity contribution is 9.10. The van der Waals surface area contributed by atoms with Crippen molar-refractivity contribution >= 4 is 49.2 Å². The minimum atomic E-state index is -4.09. The van der Waals surface area contributed by atoms with E-state index in [-0.39, 0.29) is 40.4 Å². The standard InChI is InChI=1S/C25H20BrCl2N7O5S/c1-39-23-10-16(24-31-32-33-35(24)41(37,38)19-6-3-17(26)4-7-19)2-9-22(23)40-13-25(36,12-34-15-29-14-30-34)20-8-5-18(27)11-21(20)28/h2-11,14-15,36H,12-13H2,1H3. The molecule has 0 saturated heterocycles. The van der Waals surface area contributed by atoms with E-state index in [2.05, 4.69) is 41.5 Å². The van der Waals surface area contributed by atoms with Crippen LogP contribution in [0.4, 0.5) is 0 Å². The molecule has 0 aliphatic carbocycles. The van der Waals surface area contributed by atoms with Crippen LogP contribution in [0, 0.1) is 0 Å². The second-order valence-corrected chi connectivity index (χ2v) is 12.2.